The Labute approximate surface area is 163 Å². The zero-order valence-electron chi connectivity index (χ0n) is 7.85. The topological polar surface area (TPSA) is 60.8 Å². The molecule has 1 unspecified atom stereocenters. The molecule has 0 heterocycles. The average Bonchev–Trinajstić information content (AvgIpc) is 2.17. The standard InChI is InChI=1S/C9H8I3NO3.Na.H/c10-7(8(9(15)16)13(11)12)5-1-3-6(14)4-2-5;;/h1-4,7-8,14H,(H,15,16);;/t7?,8-;;/m0../s1. The molecule has 17 heavy (non-hydrogen) atoms. The van der Waals surface area contributed by atoms with Gasteiger partial charge in [0.15, 0.2) is 0 Å². The maximum absolute atomic E-state index is 11.1. The summed E-state index contributed by atoms with van der Waals surface area (Å²) in [6.45, 7) is 0. The summed E-state index contributed by atoms with van der Waals surface area (Å²) < 4.78 is 1.44. The van der Waals surface area contributed by atoms with E-state index in [4.69, 9.17) is 10.2 Å². The molecule has 0 fully saturated rings. The summed E-state index contributed by atoms with van der Waals surface area (Å²) in [6, 6.07) is 5.99. The van der Waals surface area contributed by atoms with E-state index in [0.29, 0.717) is 0 Å². The van der Waals surface area contributed by atoms with Crippen LogP contribution in [0.3, 0.4) is 0 Å². The van der Waals surface area contributed by atoms with E-state index in [9.17, 15) is 4.79 Å². The number of carboxylic acid groups (broad SMARTS) is 1. The molecule has 0 bridgehead atoms. The fourth-order valence-corrected chi connectivity index (χ4v) is 4.54. The first-order valence-electron chi connectivity index (χ1n) is 4.20. The molecule has 0 aliphatic rings. The third-order valence-electron chi connectivity index (χ3n) is 1.95. The molecule has 0 radical (unpaired) electrons. The predicted octanol–water partition coefficient (Wildman–Crippen LogP) is 2.68. The van der Waals surface area contributed by atoms with E-state index in [1.165, 1.54) is 0 Å². The minimum atomic E-state index is -0.865. The zero-order valence-corrected chi connectivity index (χ0v) is 14.3. The van der Waals surface area contributed by atoms with Crippen molar-refractivity contribution in [3.8, 4) is 5.75 Å². The third kappa shape index (κ3) is 5.65. The fourth-order valence-electron chi connectivity index (χ4n) is 1.15. The van der Waals surface area contributed by atoms with Gasteiger partial charge in [0, 0.05) is 45.7 Å². The number of hydrogen-bond donors (Lipinski definition) is 2. The van der Waals surface area contributed by atoms with E-state index in [1.54, 1.807) is 25.6 Å². The van der Waals surface area contributed by atoms with E-state index < -0.39 is 12.0 Å². The van der Waals surface area contributed by atoms with Crippen molar-refractivity contribution in [1.82, 2.24) is 1.33 Å². The first kappa shape index (κ1) is 18.6. The number of nitrogens with zero attached hydrogens (tertiary/aromatic N) is 1. The summed E-state index contributed by atoms with van der Waals surface area (Å²) in [6.07, 6.45) is 0. The van der Waals surface area contributed by atoms with Gasteiger partial charge < -0.3 is 10.2 Å². The quantitative estimate of drug-likeness (QED) is 0.248. The van der Waals surface area contributed by atoms with Crippen LogP contribution in [0.5, 0.6) is 5.75 Å². The first-order chi connectivity index (χ1) is 7.43. The molecule has 0 amide bonds. The Morgan fingerprint density at radius 2 is 1.71 bits per heavy atom. The number of rotatable bonds is 4. The first-order valence-corrected chi connectivity index (χ1v) is 7.37. The van der Waals surface area contributed by atoms with Gasteiger partial charge in [0.05, 0.1) is 3.92 Å². The number of phenolic OH excluding ortho intramolecular Hbond substituents is 1. The molecule has 0 aliphatic carbocycles. The van der Waals surface area contributed by atoms with Crippen LogP contribution in [0, 0.1) is 0 Å². The molecule has 8 heteroatoms. The Morgan fingerprint density at radius 3 is 2.06 bits per heavy atom. The maximum atomic E-state index is 11.1. The zero-order chi connectivity index (χ0) is 12.3. The van der Waals surface area contributed by atoms with Crippen molar-refractivity contribution < 1.29 is 15.0 Å². The van der Waals surface area contributed by atoms with E-state index in [-0.39, 0.29) is 39.2 Å². The summed E-state index contributed by atoms with van der Waals surface area (Å²) in [7, 11) is 0. The number of aromatic hydroxyl groups is 1. The van der Waals surface area contributed by atoms with Gasteiger partial charge in [0.2, 0.25) is 0 Å². The van der Waals surface area contributed by atoms with Crippen LogP contribution in [0.4, 0.5) is 0 Å². The number of halogens is 3. The molecule has 0 spiro atoms. The molecular formula is C9H9I3NNaO3. The van der Waals surface area contributed by atoms with Gasteiger partial charge >= 0.3 is 35.5 Å². The van der Waals surface area contributed by atoms with Gasteiger partial charge in [-0.1, -0.05) is 34.7 Å². The van der Waals surface area contributed by atoms with Gasteiger partial charge in [0.1, 0.15) is 11.8 Å². The Bertz CT molecular complexity index is 374. The number of alkyl halides is 1. The number of carboxylic acids is 1. The van der Waals surface area contributed by atoms with Crippen molar-refractivity contribution in [2.45, 2.75) is 9.97 Å². The molecule has 0 saturated heterocycles. The molecular weight excluding hydrogens is 574 g/mol. The summed E-state index contributed by atoms with van der Waals surface area (Å²) in [5.41, 5.74) is 0.879. The molecule has 2 atom stereocenters. The summed E-state index contributed by atoms with van der Waals surface area (Å²) in [4.78, 5) is 11.1. The van der Waals surface area contributed by atoms with E-state index in [2.05, 4.69) is 22.6 Å². The predicted molar refractivity (Wildman–Crippen MR) is 93.3 cm³/mol. The second-order valence-corrected chi connectivity index (χ2v) is 8.30. The second-order valence-electron chi connectivity index (χ2n) is 3.04. The van der Waals surface area contributed by atoms with E-state index in [1.807, 2.05) is 45.7 Å². The average molecular weight is 583 g/mol. The van der Waals surface area contributed by atoms with Gasteiger partial charge in [-0.3, -0.25) is 4.79 Å². The molecule has 1 aromatic rings. The number of hydrogen-bond acceptors (Lipinski definition) is 3. The normalized spacial score (nSPS) is 13.9. The van der Waals surface area contributed by atoms with Crippen molar-refractivity contribution in [3.63, 3.8) is 0 Å². The van der Waals surface area contributed by atoms with Crippen LogP contribution in [0.1, 0.15) is 9.49 Å². The van der Waals surface area contributed by atoms with Crippen molar-refractivity contribution in [1.29, 1.82) is 0 Å². The molecule has 90 valence electrons. The fraction of sp³-hybridized carbons (Fsp3) is 0.222. The molecule has 4 nitrogen and oxygen atoms in total. The van der Waals surface area contributed by atoms with Gasteiger partial charge in [-0.05, 0) is 17.7 Å². The van der Waals surface area contributed by atoms with Crippen LogP contribution in [0.25, 0.3) is 0 Å². The Kier molecular flexibility index (Phi) is 9.58. The van der Waals surface area contributed by atoms with Gasteiger partial charge in [0.25, 0.3) is 0 Å². The van der Waals surface area contributed by atoms with Gasteiger partial charge in [-0.25, -0.2) is 0 Å². The summed E-state index contributed by atoms with van der Waals surface area (Å²) in [5, 5.41) is 18.3. The molecule has 0 aliphatic heterocycles. The SMILES string of the molecule is O=C(O)[C@H](C(I)c1ccc(O)cc1)N(I)I.[NaH]. The number of phenols is 1. The van der Waals surface area contributed by atoms with Crippen LogP contribution in [-0.4, -0.2) is 53.1 Å². The Balaban J connectivity index is 0.00000256. The number of carbonyl (C=O) groups is 1. The summed E-state index contributed by atoms with van der Waals surface area (Å²) >= 11 is 6.00. The number of aliphatic carboxylic acids is 1. The van der Waals surface area contributed by atoms with Crippen molar-refractivity contribution in [2.24, 2.45) is 0 Å². The minimum absolute atomic E-state index is 0. The van der Waals surface area contributed by atoms with Crippen molar-refractivity contribution in [3.05, 3.63) is 29.8 Å². The van der Waals surface area contributed by atoms with Crippen molar-refractivity contribution >= 4 is 104 Å². The van der Waals surface area contributed by atoms with E-state index >= 15 is 0 Å². The van der Waals surface area contributed by atoms with Gasteiger partial charge in [-0.15, -0.1) is 0 Å². The third-order valence-corrected chi connectivity index (χ3v) is 4.55. The van der Waals surface area contributed by atoms with Crippen LogP contribution >= 0.6 is 68.3 Å². The van der Waals surface area contributed by atoms with Gasteiger partial charge in [-0.2, -0.15) is 1.33 Å². The van der Waals surface area contributed by atoms with Crippen molar-refractivity contribution in [2.75, 3.05) is 0 Å². The molecule has 2 N–H and O–H groups in total. The molecule has 0 saturated carbocycles. The number of benzene rings is 1. The van der Waals surface area contributed by atoms with Crippen LogP contribution in [0.15, 0.2) is 24.3 Å². The van der Waals surface area contributed by atoms with Crippen LogP contribution in [-0.2, 0) is 4.79 Å². The molecule has 0 aromatic heterocycles. The van der Waals surface area contributed by atoms with Crippen LogP contribution in [0.2, 0.25) is 0 Å². The van der Waals surface area contributed by atoms with Crippen LogP contribution < -0.4 is 0 Å². The summed E-state index contributed by atoms with van der Waals surface area (Å²) in [5.74, 6) is -0.684. The second kappa shape index (κ2) is 8.74. The monoisotopic (exact) mass is 583 g/mol. The Morgan fingerprint density at radius 1 is 1.24 bits per heavy atom. The van der Waals surface area contributed by atoms with E-state index in [0.717, 1.165) is 5.56 Å². The molecule has 1 aromatic carbocycles. The Hall–Kier alpha value is 1.64. The molecule has 1 rings (SSSR count).